The summed E-state index contributed by atoms with van der Waals surface area (Å²) >= 11 is 0. The normalized spacial score (nSPS) is 14.1. The Morgan fingerprint density at radius 3 is 2.82 bits per heavy atom. The Morgan fingerprint density at radius 2 is 2.12 bits per heavy atom. The van der Waals surface area contributed by atoms with Crippen molar-refractivity contribution in [2.75, 3.05) is 6.54 Å². The summed E-state index contributed by atoms with van der Waals surface area (Å²) in [5.74, 6) is 0. The Bertz CT molecular complexity index is 500. The van der Waals surface area contributed by atoms with E-state index in [0.29, 0.717) is 6.54 Å². The number of rotatable bonds is 3. The number of aromatic amines is 1. The molecule has 3 N–H and O–H groups in total. The number of H-pyrrole nitrogens is 1. The third kappa shape index (κ3) is 2.81. The molecule has 0 unspecified atom stereocenters. The molecule has 2 aromatic rings. The van der Waals surface area contributed by atoms with Crippen LogP contribution in [0.3, 0.4) is 0 Å². The second kappa shape index (κ2) is 4.43. The monoisotopic (exact) mass is 234 g/mol. The van der Waals surface area contributed by atoms with Crippen molar-refractivity contribution < 1.29 is 5.11 Å². The zero-order valence-corrected chi connectivity index (χ0v) is 10.4. The maximum Gasteiger partial charge on any atom is 0.0936 e. The largest absolute Gasteiger partial charge is 0.387 e. The van der Waals surface area contributed by atoms with Crippen LogP contribution in [-0.2, 0) is 0 Å². The number of pyridine rings is 1. The summed E-state index contributed by atoms with van der Waals surface area (Å²) in [5.41, 5.74) is 1.63. The number of hydrogen-bond donors (Lipinski definition) is 3. The van der Waals surface area contributed by atoms with E-state index in [-0.39, 0.29) is 5.54 Å². The summed E-state index contributed by atoms with van der Waals surface area (Å²) in [6, 6.07) is 0. The van der Waals surface area contributed by atoms with Crippen molar-refractivity contribution in [1.82, 2.24) is 20.5 Å². The molecule has 0 aromatic carbocycles. The predicted molar refractivity (Wildman–Crippen MR) is 66.6 cm³/mol. The minimum atomic E-state index is -0.581. The van der Waals surface area contributed by atoms with Crippen molar-refractivity contribution in [3.8, 4) is 0 Å². The lowest BCUT2D eigenvalue weighted by atomic mass is 10.1. The summed E-state index contributed by atoms with van der Waals surface area (Å²) < 4.78 is 0. The second-order valence-electron chi connectivity index (χ2n) is 5.21. The maximum absolute atomic E-state index is 10.2. The summed E-state index contributed by atoms with van der Waals surface area (Å²) in [6.07, 6.45) is 4.53. The number of hydrogen-bond acceptors (Lipinski definition) is 4. The van der Waals surface area contributed by atoms with E-state index < -0.39 is 6.10 Å². The molecule has 0 aliphatic carbocycles. The average molecular weight is 234 g/mol. The second-order valence-corrected chi connectivity index (χ2v) is 5.21. The molecule has 0 aliphatic rings. The van der Waals surface area contributed by atoms with E-state index in [1.54, 1.807) is 18.6 Å². The van der Waals surface area contributed by atoms with Crippen LogP contribution in [0.15, 0.2) is 18.6 Å². The first-order chi connectivity index (χ1) is 7.97. The van der Waals surface area contributed by atoms with E-state index in [4.69, 9.17) is 0 Å². The topological polar surface area (TPSA) is 73.8 Å². The quantitative estimate of drug-likeness (QED) is 0.750. The SMILES string of the molecule is CC(C)(C)NC[C@@H](O)c1cncc2[nH]ncc12. The molecule has 0 radical (unpaired) electrons. The minimum Gasteiger partial charge on any atom is -0.387 e. The van der Waals surface area contributed by atoms with Crippen molar-refractivity contribution >= 4 is 10.9 Å². The van der Waals surface area contributed by atoms with Gasteiger partial charge in [0.05, 0.1) is 24.0 Å². The number of β-amino-alcohol motifs (C(OH)–C–C–N with tert-alkyl or cyclic N) is 1. The zero-order chi connectivity index (χ0) is 12.5. The molecule has 0 saturated heterocycles. The van der Waals surface area contributed by atoms with Gasteiger partial charge in [-0.05, 0) is 20.8 Å². The third-order valence-corrected chi connectivity index (χ3v) is 2.58. The number of aliphatic hydroxyl groups is 1. The highest BCUT2D eigenvalue weighted by atomic mass is 16.3. The molecule has 1 atom stereocenters. The Morgan fingerprint density at radius 1 is 1.35 bits per heavy atom. The van der Waals surface area contributed by atoms with Crippen molar-refractivity contribution in [2.24, 2.45) is 0 Å². The van der Waals surface area contributed by atoms with Crippen LogP contribution >= 0.6 is 0 Å². The van der Waals surface area contributed by atoms with E-state index >= 15 is 0 Å². The Balaban J connectivity index is 2.19. The smallest absolute Gasteiger partial charge is 0.0936 e. The van der Waals surface area contributed by atoms with Gasteiger partial charge in [-0.3, -0.25) is 10.1 Å². The van der Waals surface area contributed by atoms with Gasteiger partial charge in [0, 0.05) is 29.2 Å². The van der Waals surface area contributed by atoms with Gasteiger partial charge in [0.1, 0.15) is 0 Å². The standard InChI is InChI=1S/C12H18N4O/c1-12(2,3)14-7-11(17)9-4-13-6-10-8(9)5-15-16-10/h4-6,11,14,17H,7H2,1-3H3,(H,15,16)/t11-/m1/s1. The molecule has 0 fully saturated rings. The first kappa shape index (κ1) is 12.0. The first-order valence-corrected chi connectivity index (χ1v) is 5.67. The molecule has 0 aliphatic heterocycles. The molecule has 17 heavy (non-hydrogen) atoms. The summed E-state index contributed by atoms with van der Waals surface area (Å²) in [6.45, 7) is 6.69. The molecular formula is C12H18N4O. The fourth-order valence-electron chi connectivity index (χ4n) is 1.66. The summed E-state index contributed by atoms with van der Waals surface area (Å²) in [5, 5.41) is 21.1. The number of nitrogens with zero attached hydrogens (tertiary/aromatic N) is 2. The van der Waals surface area contributed by atoms with Crippen molar-refractivity contribution in [3.63, 3.8) is 0 Å². The third-order valence-electron chi connectivity index (χ3n) is 2.58. The van der Waals surface area contributed by atoms with Crippen LogP contribution in [0.2, 0.25) is 0 Å². The van der Waals surface area contributed by atoms with Crippen LogP contribution in [0.5, 0.6) is 0 Å². The van der Waals surface area contributed by atoms with Gasteiger partial charge in [0.25, 0.3) is 0 Å². The van der Waals surface area contributed by atoms with E-state index in [0.717, 1.165) is 16.5 Å². The number of aliphatic hydroxyl groups excluding tert-OH is 1. The van der Waals surface area contributed by atoms with Crippen LogP contribution in [0.4, 0.5) is 0 Å². The fraction of sp³-hybridized carbons (Fsp3) is 0.500. The molecule has 92 valence electrons. The summed E-state index contributed by atoms with van der Waals surface area (Å²) in [4.78, 5) is 4.09. The highest BCUT2D eigenvalue weighted by Crippen LogP contribution is 2.21. The van der Waals surface area contributed by atoms with E-state index in [1.165, 1.54) is 0 Å². The highest BCUT2D eigenvalue weighted by Gasteiger charge is 2.16. The molecule has 2 rings (SSSR count). The van der Waals surface area contributed by atoms with E-state index in [2.05, 4.69) is 41.3 Å². The van der Waals surface area contributed by atoms with Crippen molar-refractivity contribution in [2.45, 2.75) is 32.4 Å². The maximum atomic E-state index is 10.2. The molecular weight excluding hydrogens is 216 g/mol. The number of fused-ring (bicyclic) bond motifs is 1. The fourth-order valence-corrected chi connectivity index (χ4v) is 1.66. The van der Waals surface area contributed by atoms with Crippen molar-refractivity contribution in [1.29, 1.82) is 0 Å². The Labute approximate surface area is 100 Å². The first-order valence-electron chi connectivity index (χ1n) is 5.67. The van der Waals surface area contributed by atoms with Gasteiger partial charge < -0.3 is 10.4 Å². The van der Waals surface area contributed by atoms with E-state index in [1.807, 2.05) is 0 Å². The van der Waals surface area contributed by atoms with Gasteiger partial charge in [-0.1, -0.05) is 0 Å². The molecule has 5 nitrogen and oxygen atoms in total. The number of nitrogens with one attached hydrogen (secondary N) is 2. The minimum absolute atomic E-state index is 0.0152. The molecule has 5 heteroatoms. The lowest BCUT2D eigenvalue weighted by molar-refractivity contribution is 0.164. The lowest BCUT2D eigenvalue weighted by Gasteiger charge is -2.23. The van der Waals surface area contributed by atoms with Gasteiger partial charge in [0.2, 0.25) is 0 Å². The molecule has 2 heterocycles. The van der Waals surface area contributed by atoms with Crippen LogP contribution in [0.25, 0.3) is 10.9 Å². The molecule has 0 spiro atoms. The highest BCUT2D eigenvalue weighted by molar-refractivity contribution is 5.80. The van der Waals surface area contributed by atoms with Gasteiger partial charge in [-0.2, -0.15) is 5.10 Å². The van der Waals surface area contributed by atoms with Crippen LogP contribution in [0.1, 0.15) is 32.4 Å². The Kier molecular flexibility index (Phi) is 3.13. The predicted octanol–water partition coefficient (Wildman–Crippen LogP) is 1.38. The van der Waals surface area contributed by atoms with Gasteiger partial charge >= 0.3 is 0 Å². The van der Waals surface area contributed by atoms with Gasteiger partial charge in [-0.25, -0.2) is 0 Å². The molecule has 0 bridgehead atoms. The van der Waals surface area contributed by atoms with Crippen LogP contribution < -0.4 is 5.32 Å². The van der Waals surface area contributed by atoms with Crippen LogP contribution in [0, 0.1) is 0 Å². The van der Waals surface area contributed by atoms with E-state index in [9.17, 15) is 5.11 Å². The summed E-state index contributed by atoms with van der Waals surface area (Å²) in [7, 11) is 0. The molecule has 2 aromatic heterocycles. The zero-order valence-electron chi connectivity index (χ0n) is 10.4. The number of aromatic nitrogens is 3. The average Bonchev–Trinajstić information content (AvgIpc) is 2.72. The Hall–Kier alpha value is -1.46. The van der Waals surface area contributed by atoms with Crippen LogP contribution in [-0.4, -0.2) is 32.4 Å². The van der Waals surface area contributed by atoms with Gasteiger partial charge in [0.15, 0.2) is 0 Å². The molecule has 0 amide bonds. The van der Waals surface area contributed by atoms with Gasteiger partial charge in [-0.15, -0.1) is 0 Å². The molecule has 0 saturated carbocycles. The lowest BCUT2D eigenvalue weighted by Crippen LogP contribution is -2.38. The van der Waals surface area contributed by atoms with Crippen molar-refractivity contribution in [3.05, 3.63) is 24.2 Å².